The second-order valence-electron chi connectivity index (χ2n) is 4.84. The predicted octanol–water partition coefficient (Wildman–Crippen LogP) is 3.19. The topological polar surface area (TPSA) is 47.3 Å². The van der Waals surface area contributed by atoms with Crippen molar-refractivity contribution in [1.82, 2.24) is 0 Å². The van der Waals surface area contributed by atoms with Gasteiger partial charge in [0.2, 0.25) is 0 Å². The lowest BCUT2D eigenvalue weighted by atomic mass is 10.0. The molecular weight excluding hydrogens is 231 g/mol. The average molecular weight is 254 g/mol. The van der Waals surface area contributed by atoms with Crippen LogP contribution >= 0.6 is 0 Å². The fourth-order valence-corrected chi connectivity index (χ4v) is 1.67. The Morgan fingerprint density at radius 3 is 2.61 bits per heavy atom. The summed E-state index contributed by atoms with van der Waals surface area (Å²) in [6.45, 7) is 9.22. The summed E-state index contributed by atoms with van der Waals surface area (Å²) >= 11 is 0. The molecule has 1 atom stereocenters. The highest BCUT2D eigenvalue weighted by Gasteiger charge is 2.15. The van der Waals surface area contributed by atoms with Crippen molar-refractivity contribution < 1.29 is 9.13 Å². The third kappa shape index (κ3) is 3.88. The van der Waals surface area contributed by atoms with Gasteiger partial charge >= 0.3 is 0 Å². The molecule has 0 aliphatic carbocycles. The summed E-state index contributed by atoms with van der Waals surface area (Å²) in [5, 5.41) is 3.33. The first-order valence-electron chi connectivity index (χ1n) is 6.35. The van der Waals surface area contributed by atoms with Gasteiger partial charge in [-0.3, -0.25) is 0 Å². The largest absolute Gasteiger partial charge is 0.397 e. The van der Waals surface area contributed by atoms with E-state index in [1.54, 1.807) is 13.0 Å². The average Bonchev–Trinajstić information content (AvgIpc) is 2.30. The molecule has 102 valence electrons. The highest BCUT2D eigenvalue weighted by molar-refractivity contribution is 5.67. The van der Waals surface area contributed by atoms with E-state index in [9.17, 15) is 4.39 Å². The zero-order chi connectivity index (χ0) is 13.7. The lowest BCUT2D eigenvalue weighted by Gasteiger charge is -2.24. The van der Waals surface area contributed by atoms with Crippen molar-refractivity contribution in [3.63, 3.8) is 0 Å². The van der Waals surface area contributed by atoms with E-state index in [0.29, 0.717) is 30.4 Å². The molecule has 1 aromatic carbocycles. The second kappa shape index (κ2) is 6.59. The molecule has 3 nitrogen and oxygen atoms in total. The predicted molar refractivity (Wildman–Crippen MR) is 74.3 cm³/mol. The van der Waals surface area contributed by atoms with Crippen LogP contribution in [0.1, 0.15) is 26.3 Å². The third-order valence-electron chi connectivity index (χ3n) is 2.98. The van der Waals surface area contributed by atoms with E-state index >= 15 is 0 Å². The number of ether oxygens (including phenoxy) is 1. The molecule has 4 heteroatoms. The van der Waals surface area contributed by atoms with E-state index in [0.717, 1.165) is 5.69 Å². The van der Waals surface area contributed by atoms with Crippen molar-refractivity contribution in [2.24, 2.45) is 5.92 Å². The lowest BCUT2D eigenvalue weighted by Crippen LogP contribution is -2.31. The Morgan fingerprint density at radius 1 is 1.39 bits per heavy atom. The number of aryl methyl sites for hydroxylation is 1. The molecule has 0 spiro atoms. The summed E-state index contributed by atoms with van der Waals surface area (Å²) in [7, 11) is 0. The van der Waals surface area contributed by atoms with Gasteiger partial charge in [-0.15, -0.1) is 0 Å². The monoisotopic (exact) mass is 254 g/mol. The van der Waals surface area contributed by atoms with Crippen molar-refractivity contribution in [2.45, 2.75) is 33.7 Å². The standard InChI is InChI=1S/C14H23FN2O/c1-5-18-8-14(9(2)3)17-13-6-10(4)11(15)7-12(13)16/h6-7,9,14,17H,5,8,16H2,1-4H3. The number of hydrogen-bond acceptors (Lipinski definition) is 3. The first-order chi connectivity index (χ1) is 8.45. The summed E-state index contributed by atoms with van der Waals surface area (Å²) in [4.78, 5) is 0. The Morgan fingerprint density at radius 2 is 2.06 bits per heavy atom. The van der Waals surface area contributed by atoms with Gasteiger partial charge < -0.3 is 15.8 Å². The molecule has 0 aliphatic heterocycles. The number of rotatable bonds is 6. The minimum atomic E-state index is -0.274. The normalized spacial score (nSPS) is 12.8. The van der Waals surface area contributed by atoms with Gasteiger partial charge in [-0.05, 0) is 37.5 Å². The number of halogens is 1. The van der Waals surface area contributed by atoms with Crippen molar-refractivity contribution in [3.05, 3.63) is 23.5 Å². The van der Waals surface area contributed by atoms with Gasteiger partial charge in [0.25, 0.3) is 0 Å². The van der Waals surface area contributed by atoms with E-state index in [2.05, 4.69) is 19.2 Å². The molecule has 0 aliphatic rings. The van der Waals surface area contributed by atoms with Crippen LogP contribution in [0.25, 0.3) is 0 Å². The fraction of sp³-hybridized carbons (Fsp3) is 0.571. The molecule has 3 N–H and O–H groups in total. The maximum atomic E-state index is 13.3. The fourth-order valence-electron chi connectivity index (χ4n) is 1.67. The molecule has 1 rings (SSSR count). The van der Waals surface area contributed by atoms with Crippen molar-refractivity contribution in [3.8, 4) is 0 Å². The first-order valence-corrected chi connectivity index (χ1v) is 6.35. The molecule has 0 saturated carbocycles. The zero-order valence-electron chi connectivity index (χ0n) is 11.6. The summed E-state index contributed by atoms with van der Waals surface area (Å²) in [6, 6.07) is 3.26. The molecule has 0 bridgehead atoms. The van der Waals surface area contributed by atoms with Gasteiger partial charge in [0.05, 0.1) is 24.0 Å². The molecule has 18 heavy (non-hydrogen) atoms. The highest BCUT2D eigenvalue weighted by atomic mass is 19.1. The van der Waals surface area contributed by atoms with Crippen LogP contribution in [0.15, 0.2) is 12.1 Å². The Hall–Kier alpha value is -1.29. The van der Waals surface area contributed by atoms with Crippen LogP contribution in [-0.2, 0) is 4.74 Å². The Kier molecular flexibility index (Phi) is 5.41. The highest BCUT2D eigenvalue weighted by Crippen LogP contribution is 2.24. The minimum Gasteiger partial charge on any atom is -0.397 e. The molecule has 0 amide bonds. The lowest BCUT2D eigenvalue weighted by molar-refractivity contribution is 0.127. The number of nitrogens with one attached hydrogen (secondary N) is 1. The second-order valence-corrected chi connectivity index (χ2v) is 4.84. The van der Waals surface area contributed by atoms with Crippen LogP contribution < -0.4 is 11.1 Å². The van der Waals surface area contributed by atoms with Gasteiger partial charge in [-0.2, -0.15) is 0 Å². The number of hydrogen-bond donors (Lipinski definition) is 2. The number of anilines is 2. The third-order valence-corrected chi connectivity index (χ3v) is 2.98. The van der Waals surface area contributed by atoms with Gasteiger partial charge in [-0.1, -0.05) is 13.8 Å². The number of nitrogens with two attached hydrogens (primary N) is 1. The van der Waals surface area contributed by atoms with E-state index in [-0.39, 0.29) is 11.9 Å². The van der Waals surface area contributed by atoms with Crippen LogP contribution in [0, 0.1) is 18.7 Å². The summed E-state index contributed by atoms with van der Waals surface area (Å²) in [5.41, 5.74) is 7.61. The summed E-state index contributed by atoms with van der Waals surface area (Å²) in [5.74, 6) is 0.130. The minimum absolute atomic E-state index is 0.164. The molecule has 0 heterocycles. The van der Waals surface area contributed by atoms with Crippen LogP contribution in [0.5, 0.6) is 0 Å². The quantitative estimate of drug-likeness (QED) is 0.766. The van der Waals surface area contributed by atoms with Gasteiger partial charge in [0.15, 0.2) is 0 Å². The van der Waals surface area contributed by atoms with Crippen molar-refractivity contribution >= 4 is 11.4 Å². The van der Waals surface area contributed by atoms with Gasteiger partial charge in [0.1, 0.15) is 5.82 Å². The SMILES string of the molecule is CCOCC(Nc1cc(C)c(F)cc1N)C(C)C. The number of nitrogen functional groups attached to an aromatic ring is 1. The van der Waals surface area contributed by atoms with Crippen LogP contribution in [0.4, 0.5) is 15.8 Å². The van der Waals surface area contributed by atoms with Crippen molar-refractivity contribution in [2.75, 3.05) is 24.3 Å². The Labute approximate surface area is 109 Å². The van der Waals surface area contributed by atoms with E-state index in [4.69, 9.17) is 10.5 Å². The maximum Gasteiger partial charge on any atom is 0.128 e. The first kappa shape index (κ1) is 14.8. The molecule has 0 fully saturated rings. The van der Waals surface area contributed by atoms with Gasteiger partial charge in [-0.25, -0.2) is 4.39 Å². The van der Waals surface area contributed by atoms with E-state index in [1.807, 2.05) is 6.92 Å². The molecule has 0 aromatic heterocycles. The van der Waals surface area contributed by atoms with E-state index in [1.165, 1.54) is 6.07 Å². The molecule has 0 radical (unpaired) electrons. The van der Waals surface area contributed by atoms with Crippen molar-refractivity contribution in [1.29, 1.82) is 0 Å². The van der Waals surface area contributed by atoms with Gasteiger partial charge in [0, 0.05) is 6.61 Å². The summed E-state index contributed by atoms with van der Waals surface area (Å²) in [6.07, 6.45) is 0. The molecule has 1 aromatic rings. The van der Waals surface area contributed by atoms with Crippen LogP contribution in [0.2, 0.25) is 0 Å². The summed E-state index contributed by atoms with van der Waals surface area (Å²) < 4.78 is 18.8. The Balaban J connectivity index is 2.83. The Bertz CT molecular complexity index is 394. The van der Waals surface area contributed by atoms with Crippen LogP contribution in [0.3, 0.4) is 0 Å². The van der Waals surface area contributed by atoms with Crippen LogP contribution in [-0.4, -0.2) is 19.3 Å². The molecule has 1 unspecified atom stereocenters. The zero-order valence-corrected chi connectivity index (χ0v) is 11.6. The van der Waals surface area contributed by atoms with E-state index < -0.39 is 0 Å². The number of benzene rings is 1. The molecular formula is C14H23FN2O. The molecule has 0 saturated heterocycles. The maximum absolute atomic E-state index is 13.3. The smallest absolute Gasteiger partial charge is 0.128 e.